The minimum Gasteiger partial charge on any atom is -0.380 e. The van der Waals surface area contributed by atoms with Crippen molar-refractivity contribution in [3.05, 3.63) is 105 Å². The number of nitriles is 1. The monoisotopic (exact) mass is 607 g/mol. The summed E-state index contributed by atoms with van der Waals surface area (Å²) in [6.07, 6.45) is 3.39. The average molecular weight is 608 g/mol. The maximum atomic E-state index is 13.8. The van der Waals surface area contributed by atoms with E-state index in [0.29, 0.717) is 46.2 Å². The molecule has 214 valence electrons. The molecule has 2 aliphatic rings. The summed E-state index contributed by atoms with van der Waals surface area (Å²) in [5.41, 5.74) is 10.3. The predicted molar refractivity (Wildman–Crippen MR) is 159 cm³/mol. The van der Waals surface area contributed by atoms with Gasteiger partial charge in [-0.05, 0) is 48.0 Å². The SMILES string of the molecule is CC1(CN2C=C([C@@H](Nc3cc(Cl)c4ncc(C#N)c(Nc5ccc(F)c(Cl)c5)c4c3)c3ccc(F)cc3)NN2)COC1. The number of halogens is 4. The summed E-state index contributed by atoms with van der Waals surface area (Å²) >= 11 is 12.7. The summed E-state index contributed by atoms with van der Waals surface area (Å²) in [4.78, 5) is 4.41. The van der Waals surface area contributed by atoms with Crippen molar-refractivity contribution in [1.82, 2.24) is 21.0 Å². The number of hydrogen-bond acceptors (Lipinski definition) is 8. The van der Waals surface area contributed by atoms with Crippen LogP contribution >= 0.6 is 23.2 Å². The number of aromatic nitrogens is 1. The quantitative estimate of drug-likeness (QED) is 0.174. The average Bonchev–Trinajstić information content (AvgIpc) is 3.41. The zero-order chi connectivity index (χ0) is 29.4. The molecule has 12 heteroatoms. The topological polar surface area (TPSA) is 97.3 Å². The second-order valence-electron chi connectivity index (χ2n) is 10.6. The van der Waals surface area contributed by atoms with Crippen LogP contribution in [0.15, 0.2) is 72.7 Å². The highest BCUT2D eigenvalue weighted by atomic mass is 35.5. The van der Waals surface area contributed by atoms with Crippen molar-refractivity contribution >= 4 is 51.2 Å². The van der Waals surface area contributed by atoms with Gasteiger partial charge in [-0.3, -0.25) is 9.99 Å². The van der Waals surface area contributed by atoms with Gasteiger partial charge in [-0.15, -0.1) is 5.53 Å². The van der Waals surface area contributed by atoms with E-state index < -0.39 is 11.9 Å². The molecule has 0 amide bonds. The van der Waals surface area contributed by atoms with Gasteiger partial charge in [0.05, 0.1) is 51.8 Å². The number of benzene rings is 3. The third-order valence-corrected chi connectivity index (χ3v) is 7.73. The summed E-state index contributed by atoms with van der Waals surface area (Å²) in [5.74, 6) is -0.898. The molecule has 0 radical (unpaired) electrons. The van der Waals surface area contributed by atoms with Gasteiger partial charge in [-0.25, -0.2) is 8.78 Å². The lowest BCUT2D eigenvalue weighted by atomic mass is 9.88. The van der Waals surface area contributed by atoms with Crippen LogP contribution in [0.3, 0.4) is 0 Å². The van der Waals surface area contributed by atoms with Gasteiger partial charge in [0.15, 0.2) is 0 Å². The number of hydrazine groups is 2. The van der Waals surface area contributed by atoms with E-state index in [1.165, 1.54) is 36.5 Å². The molecule has 0 aliphatic carbocycles. The van der Waals surface area contributed by atoms with Crippen molar-refractivity contribution in [2.75, 3.05) is 30.4 Å². The van der Waals surface area contributed by atoms with Gasteiger partial charge in [0.2, 0.25) is 0 Å². The molecule has 3 aromatic carbocycles. The Balaban J connectivity index is 1.38. The second-order valence-corrected chi connectivity index (χ2v) is 11.5. The Morgan fingerprint density at radius 1 is 1.10 bits per heavy atom. The summed E-state index contributed by atoms with van der Waals surface area (Å²) in [5, 5.41) is 19.4. The van der Waals surface area contributed by atoms with E-state index in [9.17, 15) is 14.0 Å². The van der Waals surface area contributed by atoms with Crippen LogP contribution in [0.4, 0.5) is 25.8 Å². The van der Waals surface area contributed by atoms with Gasteiger partial charge in [-0.1, -0.05) is 42.3 Å². The first-order valence-corrected chi connectivity index (χ1v) is 13.8. The van der Waals surface area contributed by atoms with Crippen LogP contribution in [0, 0.1) is 28.4 Å². The molecule has 4 N–H and O–H groups in total. The minimum atomic E-state index is -0.554. The highest BCUT2D eigenvalue weighted by molar-refractivity contribution is 6.36. The van der Waals surface area contributed by atoms with Crippen molar-refractivity contribution in [2.45, 2.75) is 13.0 Å². The summed E-state index contributed by atoms with van der Waals surface area (Å²) < 4.78 is 33.0. The van der Waals surface area contributed by atoms with Gasteiger partial charge in [-0.2, -0.15) is 5.26 Å². The number of nitrogens with one attached hydrogen (secondary N) is 4. The molecule has 0 bridgehead atoms. The third kappa shape index (κ3) is 5.65. The van der Waals surface area contributed by atoms with Crippen molar-refractivity contribution in [3.63, 3.8) is 0 Å². The fourth-order valence-corrected chi connectivity index (χ4v) is 5.45. The maximum absolute atomic E-state index is 13.8. The van der Waals surface area contributed by atoms with E-state index in [1.807, 2.05) is 17.3 Å². The molecule has 1 fully saturated rings. The van der Waals surface area contributed by atoms with E-state index >= 15 is 0 Å². The van der Waals surface area contributed by atoms with Crippen molar-refractivity contribution in [2.24, 2.45) is 5.41 Å². The number of hydrogen-bond donors (Lipinski definition) is 4. The fourth-order valence-electron chi connectivity index (χ4n) is 5.00. The summed E-state index contributed by atoms with van der Waals surface area (Å²) in [6, 6.07) is 15.7. The van der Waals surface area contributed by atoms with Crippen LogP contribution in [0.25, 0.3) is 10.9 Å². The van der Waals surface area contributed by atoms with E-state index in [0.717, 1.165) is 17.8 Å². The number of fused-ring (bicyclic) bond motifs is 1. The van der Waals surface area contributed by atoms with Crippen molar-refractivity contribution in [1.29, 1.82) is 5.26 Å². The molecule has 3 heterocycles. The second kappa shape index (κ2) is 11.3. The van der Waals surface area contributed by atoms with E-state index in [2.05, 4.69) is 39.6 Å². The van der Waals surface area contributed by atoms with Crippen LogP contribution in [0.5, 0.6) is 0 Å². The van der Waals surface area contributed by atoms with Crippen LogP contribution in [0.1, 0.15) is 24.1 Å². The van der Waals surface area contributed by atoms with Crippen LogP contribution in [0.2, 0.25) is 10.0 Å². The van der Waals surface area contributed by atoms with E-state index in [4.69, 9.17) is 27.9 Å². The molecule has 2 aliphatic heterocycles. The fraction of sp³-hybridized carbons (Fsp3) is 0.200. The molecule has 4 aromatic rings. The molecule has 1 saturated heterocycles. The van der Waals surface area contributed by atoms with Crippen LogP contribution in [-0.2, 0) is 4.74 Å². The van der Waals surface area contributed by atoms with E-state index in [-0.39, 0.29) is 21.8 Å². The Hall–Kier alpha value is -4.14. The van der Waals surface area contributed by atoms with Gasteiger partial charge >= 0.3 is 0 Å². The first-order valence-electron chi connectivity index (χ1n) is 13.1. The highest BCUT2D eigenvalue weighted by Gasteiger charge is 2.36. The molecule has 1 atom stereocenters. The van der Waals surface area contributed by atoms with Gasteiger partial charge in [0.25, 0.3) is 0 Å². The Kier molecular flexibility index (Phi) is 7.51. The Morgan fingerprint density at radius 2 is 1.86 bits per heavy atom. The lowest BCUT2D eigenvalue weighted by Crippen LogP contribution is -2.51. The van der Waals surface area contributed by atoms with Gasteiger partial charge in [0.1, 0.15) is 17.7 Å². The molecule has 8 nitrogen and oxygen atoms in total. The largest absolute Gasteiger partial charge is 0.380 e. The zero-order valence-electron chi connectivity index (χ0n) is 22.3. The molecular weight excluding hydrogens is 583 g/mol. The Morgan fingerprint density at radius 3 is 2.55 bits per heavy atom. The Bertz CT molecular complexity index is 1740. The van der Waals surface area contributed by atoms with Crippen LogP contribution < -0.4 is 21.6 Å². The first kappa shape index (κ1) is 28.0. The summed E-state index contributed by atoms with van der Waals surface area (Å²) in [7, 11) is 0. The van der Waals surface area contributed by atoms with Crippen LogP contribution in [-0.4, -0.2) is 29.8 Å². The standard InChI is InChI=1S/C30H25Cl2F2N7O/c1-30(15-42-16-30)14-41-13-26(39-40-41)28(17-2-4-19(33)5-3-17)38-21-8-22-27(37-20-6-7-25(34)23(31)9-20)18(11-35)12-36-29(22)24(32)10-21/h2-10,12-13,28,38-40H,14-16H2,1H3,(H,36,37)/t28-/m0/s1. The van der Waals surface area contributed by atoms with Crippen molar-refractivity contribution in [3.8, 4) is 6.07 Å². The predicted octanol–water partition coefficient (Wildman–Crippen LogP) is 6.79. The molecule has 1 aromatic heterocycles. The number of pyridine rings is 1. The molecule has 0 saturated carbocycles. The molecule has 0 spiro atoms. The number of nitrogens with zero attached hydrogens (tertiary/aromatic N) is 3. The molecule has 6 rings (SSSR count). The minimum absolute atomic E-state index is 0.0366. The summed E-state index contributed by atoms with van der Waals surface area (Å²) in [6.45, 7) is 4.25. The molecule has 42 heavy (non-hydrogen) atoms. The van der Waals surface area contributed by atoms with Gasteiger partial charge in [0, 0.05) is 41.1 Å². The number of ether oxygens (including phenoxy) is 1. The van der Waals surface area contributed by atoms with Gasteiger partial charge < -0.3 is 20.8 Å². The van der Waals surface area contributed by atoms with Crippen molar-refractivity contribution < 1.29 is 13.5 Å². The third-order valence-electron chi connectivity index (χ3n) is 7.15. The zero-order valence-corrected chi connectivity index (χ0v) is 23.8. The smallest absolute Gasteiger partial charge is 0.141 e. The molecule has 0 unspecified atom stereocenters. The lowest BCUT2D eigenvalue weighted by Gasteiger charge is -2.40. The van der Waals surface area contributed by atoms with E-state index in [1.54, 1.807) is 18.2 Å². The lowest BCUT2D eigenvalue weighted by molar-refractivity contribution is -0.114. The normalized spacial score (nSPS) is 16.3. The number of rotatable bonds is 8. The first-order chi connectivity index (χ1) is 20.2. The highest BCUT2D eigenvalue weighted by Crippen LogP contribution is 2.37. The Labute approximate surface area is 250 Å². The number of anilines is 3. The molecular formula is C30H25Cl2F2N7O. The maximum Gasteiger partial charge on any atom is 0.141 e.